The predicted octanol–water partition coefficient (Wildman–Crippen LogP) is 3.60. The number of benzene rings is 1. The maximum Gasteiger partial charge on any atom is 0.338 e. The molecule has 9 heteroatoms. The number of hydrogen-bond donors (Lipinski definition) is 1. The number of carbonyl (C=O) groups excluding carboxylic acids is 1. The molecule has 1 atom stereocenters. The standard InChI is InChI=1S/C25H26N2O5S2/c1-5-31-18-11-16(8-9-17(18)28)12-20-23(29)27-22(19-7-6-10-33-19)21(15(4)26-25(27)34-20)24(30)32-13-14(2)3/h6-12,14,22,28H,5,13H2,1-4H3. The Morgan fingerprint density at radius 2 is 2.12 bits per heavy atom. The third kappa shape index (κ3) is 4.71. The Morgan fingerprint density at radius 1 is 1.32 bits per heavy atom. The Morgan fingerprint density at radius 3 is 2.79 bits per heavy atom. The molecule has 0 saturated carbocycles. The first kappa shape index (κ1) is 24.0. The molecule has 0 saturated heterocycles. The van der Waals surface area contributed by atoms with Crippen molar-refractivity contribution >= 4 is 34.7 Å². The van der Waals surface area contributed by atoms with Gasteiger partial charge in [0.05, 0.1) is 29.0 Å². The van der Waals surface area contributed by atoms with Crippen molar-refractivity contribution in [2.45, 2.75) is 33.7 Å². The largest absolute Gasteiger partial charge is 0.504 e. The third-order valence-electron chi connectivity index (χ3n) is 5.18. The number of aromatic nitrogens is 1. The molecule has 7 nitrogen and oxygen atoms in total. The fraction of sp³-hybridized carbons (Fsp3) is 0.320. The van der Waals surface area contributed by atoms with Crippen LogP contribution in [0.1, 0.15) is 44.2 Å². The molecule has 0 aliphatic carbocycles. The number of thiophene rings is 1. The summed E-state index contributed by atoms with van der Waals surface area (Å²) in [5.41, 5.74) is 1.40. The lowest BCUT2D eigenvalue weighted by molar-refractivity contribution is -0.140. The summed E-state index contributed by atoms with van der Waals surface area (Å²) in [6, 6.07) is 8.15. The molecule has 3 aromatic rings. The van der Waals surface area contributed by atoms with Crippen LogP contribution < -0.4 is 19.6 Å². The maximum atomic E-state index is 13.6. The number of esters is 1. The lowest BCUT2D eigenvalue weighted by Gasteiger charge is -2.23. The van der Waals surface area contributed by atoms with Crippen molar-refractivity contribution in [2.24, 2.45) is 10.9 Å². The van der Waals surface area contributed by atoms with Crippen molar-refractivity contribution in [1.82, 2.24) is 4.57 Å². The molecule has 2 aromatic heterocycles. The second-order valence-corrected chi connectivity index (χ2v) is 10.2. The van der Waals surface area contributed by atoms with Crippen LogP contribution in [0.4, 0.5) is 0 Å². The third-order valence-corrected chi connectivity index (χ3v) is 7.09. The number of rotatable bonds is 7. The van der Waals surface area contributed by atoms with Gasteiger partial charge in [-0.25, -0.2) is 9.79 Å². The van der Waals surface area contributed by atoms with Crippen LogP contribution in [0.15, 0.2) is 56.8 Å². The molecule has 3 heterocycles. The van der Waals surface area contributed by atoms with Crippen molar-refractivity contribution in [2.75, 3.05) is 13.2 Å². The molecule has 0 radical (unpaired) electrons. The Kier molecular flexibility index (Phi) is 7.04. The minimum Gasteiger partial charge on any atom is -0.504 e. The molecule has 0 amide bonds. The second-order valence-electron chi connectivity index (χ2n) is 8.25. The zero-order valence-corrected chi connectivity index (χ0v) is 21.0. The van der Waals surface area contributed by atoms with E-state index in [1.165, 1.54) is 28.7 Å². The molecular weight excluding hydrogens is 472 g/mol. The minimum atomic E-state index is -0.600. The van der Waals surface area contributed by atoms with Gasteiger partial charge in [-0.2, -0.15) is 0 Å². The molecule has 4 rings (SSSR count). The number of carbonyl (C=O) groups is 1. The van der Waals surface area contributed by atoms with E-state index < -0.39 is 12.0 Å². The molecule has 1 N–H and O–H groups in total. The van der Waals surface area contributed by atoms with Crippen LogP contribution in [0.5, 0.6) is 11.5 Å². The van der Waals surface area contributed by atoms with Crippen molar-refractivity contribution in [3.63, 3.8) is 0 Å². The van der Waals surface area contributed by atoms with Gasteiger partial charge in [-0.3, -0.25) is 9.36 Å². The number of aromatic hydroxyl groups is 1. The molecule has 1 aliphatic heterocycles. The monoisotopic (exact) mass is 498 g/mol. The highest BCUT2D eigenvalue weighted by molar-refractivity contribution is 7.10. The van der Waals surface area contributed by atoms with E-state index in [4.69, 9.17) is 9.47 Å². The molecule has 178 valence electrons. The fourth-order valence-corrected chi connectivity index (χ4v) is 5.53. The van der Waals surface area contributed by atoms with E-state index in [0.717, 1.165) is 4.88 Å². The maximum absolute atomic E-state index is 13.6. The highest BCUT2D eigenvalue weighted by Crippen LogP contribution is 2.33. The van der Waals surface area contributed by atoms with Crippen LogP contribution in [0, 0.1) is 5.92 Å². The molecule has 1 aromatic carbocycles. The lowest BCUT2D eigenvalue weighted by atomic mass is 10.0. The first-order chi connectivity index (χ1) is 16.3. The van der Waals surface area contributed by atoms with Gasteiger partial charge in [0.1, 0.15) is 6.04 Å². The van der Waals surface area contributed by atoms with E-state index in [-0.39, 0.29) is 17.2 Å². The van der Waals surface area contributed by atoms with Gasteiger partial charge >= 0.3 is 5.97 Å². The summed E-state index contributed by atoms with van der Waals surface area (Å²) < 4.78 is 13.0. The van der Waals surface area contributed by atoms with Gasteiger partial charge in [-0.15, -0.1) is 11.3 Å². The average molecular weight is 499 g/mol. The van der Waals surface area contributed by atoms with E-state index >= 15 is 0 Å². The van der Waals surface area contributed by atoms with E-state index in [2.05, 4.69) is 4.99 Å². The highest BCUT2D eigenvalue weighted by Gasteiger charge is 2.34. The van der Waals surface area contributed by atoms with Gasteiger partial charge in [0.15, 0.2) is 16.3 Å². The van der Waals surface area contributed by atoms with Crippen LogP contribution in [-0.4, -0.2) is 28.9 Å². The molecule has 0 bridgehead atoms. The van der Waals surface area contributed by atoms with Crippen molar-refractivity contribution < 1.29 is 19.4 Å². The number of ether oxygens (including phenoxy) is 2. The zero-order valence-electron chi connectivity index (χ0n) is 19.4. The van der Waals surface area contributed by atoms with Crippen LogP contribution in [-0.2, 0) is 9.53 Å². The van der Waals surface area contributed by atoms with Gasteiger partial charge < -0.3 is 14.6 Å². The van der Waals surface area contributed by atoms with Crippen molar-refractivity contribution in [1.29, 1.82) is 0 Å². The van der Waals surface area contributed by atoms with Gasteiger partial charge in [0.2, 0.25) is 0 Å². The molecule has 0 spiro atoms. The SMILES string of the molecule is CCOc1cc(C=c2sc3n(c2=O)C(c2cccs2)C(C(=O)OCC(C)C)=C(C)N=3)ccc1O. The van der Waals surface area contributed by atoms with Crippen LogP contribution in [0.3, 0.4) is 0 Å². The normalized spacial score (nSPS) is 15.9. The summed E-state index contributed by atoms with van der Waals surface area (Å²) in [6.45, 7) is 8.26. The summed E-state index contributed by atoms with van der Waals surface area (Å²) in [7, 11) is 0. The van der Waals surface area contributed by atoms with Gasteiger partial charge in [-0.05, 0) is 55.0 Å². The first-order valence-corrected chi connectivity index (χ1v) is 12.7. The second kappa shape index (κ2) is 9.99. The predicted molar refractivity (Wildman–Crippen MR) is 133 cm³/mol. The Labute approximate surface area is 204 Å². The van der Waals surface area contributed by atoms with Crippen LogP contribution in [0.25, 0.3) is 6.08 Å². The highest BCUT2D eigenvalue weighted by atomic mass is 32.1. The smallest absolute Gasteiger partial charge is 0.338 e. The summed E-state index contributed by atoms with van der Waals surface area (Å²) in [5.74, 6) is 0.130. The summed E-state index contributed by atoms with van der Waals surface area (Å²) in [4.78, 5) is 32.6. The average Bonchev–Trinajstić information content (AvgIpc) is 3.42. The Balaban J connectivity index is 1.84. The lowest BCUT2D eigenvalue weighted by Crippen LogP contribution is -2.39. The Bertz CT molecular complexity index is 1410. The van der Waals surface area contributed by atoms with E-state index in [9.17, 15) is 14.7 Å². The number of allylic oxidation sites excluding steroid dienone is 1. The van der Waals surface area contributed by atoms with Gasteiger partial charge in [0, 0.05) is 4.88 Å². The number of phenolic OH excluding ortho intramolecular Hbond substituents is 1. The summed E-state index contributed by atoms with van der Waals surface area (Å²) in [6.07, 6.45) is 1.74. The minimum absolute atomic E-state index is 0.0401. The van der Waals surface area contributed by atoms with E-state index in [1.807, 2.05) is 38.3 Å². The van der Waals surface area contributed by atoms with Gasteiger partial charge in [0.25, 0.3) is 5.56 Å². The van der Waals surface area contributed by atoms with Crippen molar-refractivity contribution in [3.8, 4) is 11.5 Å². The number of hydrogen-bond acceptors (Lipinski definition) is 8. The zero-order chi connectivity index (χ0) is 24.4. The molecule has 1 aliphatic rings. The number of fused-ring (bicyclic) bond motifs is 1. The first-order valence-electron chi connectivity index (χ1n) is 11.0. The van der Waals surface area contributed by atoms with E-state index in [1.54, 1.807) is 29.7 Å². The number of thiazole rings is 1. The molecular formula is C25H26N2O5S2. The molecule has 1 unspecified atom stereocenters. The number of phenols is 1. The fourth-order valence-electron chi connectivity index (χ4n) is 3.66. The molecule has 34 heavy (non-hydrogen) atoms. The number of nitrogens with zero attached hydrogens (tertiary/aromatic N) is 2. The van der Waals surface area contributed by atoms with Crippen LogP contribution in [0.2, 0.25) is 0 Å². The van der Waals surface area contributed by atoms with E-state index in [0.29, 0.717) is 45.1 Å². The van der Waals surface area contributed by atoms with Crippen molar-refractivity contribution in [3.05, 3.63) is 77.1 Å². The Hall–Kier alpha value is -3.17. The summed E-state index contributed by atoms with van der Waals surface area (Å²) >= 11 is 2.74. The quantitative estimate of drug-likeness (QED) is 0.503. The van der Waals surface area contributed by atoms with Crippen LogP contribution >= 0.6 is 22.7 Å². The molecule has 0 fully saturated rings. The summed E-state index contributed by atoms with van der Waals surface area (Å²) in [5, 5.41) is 11.9. The topological polar surface area (TPSA) is 90.1 Å². The van der Waals surface area contributed by atoms with Gasteiger partial charge in [-0.1, -0.05) is 37.3 Å².